The molecule has 0 bridgehead atoms. The maximum atomic E-state index is 11.0. The Hall–Kier alpha value is -1.91. The van der Waals surface area contributed by atoms with Crippen molar-refractivity contribution < 1.29 is 19.4 Å². The molecule has 0 saturated carbocycles. The lowest BCUT2D eigenvalue weighted by Crippen LogP contribution is -2.22. The summed E-state index contributed by atoms with van der Waals surface area (Å²) in [6, 6.07) is 9.83. The molecular formula is C16H13Cl2O4-. The third kappa shape index (κ3) is 3.84. The summed E-state index contributed by atoms with van der Waals surface area (Å²) in [6.07, 6.45) is 0. The summed E-state index contributed by atoms with van der Waals surface area (Å²) in [4.78, 5) is 11.0. The van der Waals surface area contributed by atoms with Crippen LogP contribution in [-0.2, 0) is 6.61 Å². The summed E-state index contributed by atoms with van der Waals surface area (Å²) in [5.74, 6) is -0.810. The first-order valence-corrected chi connectivity index (χ1v) is 7.32. The fourth-order valence-corrected chi connectivity index (χ4v) is 2.31. The zero-order chi connectivity index (χ0) is 16.1. The highest BCUT2D eigenvalue weighted by Crippen LogP contribution is 2.37. The van der Waals surface area contributed by atoms with Crippen LogP contribution in [0.15, 0.2) is 36.4 Å². The zero-order valence-corrected chi connectivity index (χ0v) is 13.3. The summed E-state index contributed by atoms with van der Waals surface area (Å²) in [6.45, 7) is 2.30. The van der Waals surface area contributed by atoms with Crippen LogP contribution in [0.25, 0.3) is 0 Å². The van der Waals surface area contributed by atoms with E-state index in [4.69, 9.17) is 32.7 Å². The SMILES string of the molecule is CCOc1cc(C(=O)[O-])cc(Cl)c1OCc1ccccc1Cl. The highest BCUT2D eigenvalue weighted by molar-refractivity contribution is 6.32. The van der Waals surface area contributed by atoms with E-state index in [1.54, 1.807) is 13.0 Å². The number of benzene rings is 2. The van der Waals surface area contributed by atoms with E-state index in [2.05, 4.69) is 0 Å². The van der Waals surface area contributed by atoms with Crippen molar-refractivity contribution in [2.75, 3.05) is 6.61 Å². The Balaban J connectivity index is 2.29. The van der Waals surface area contributed by atoms with Crippen molar-refractivity contribution in [3.05, 3.63) is 57.6 Å². The largest absolute Gasteiger partial charge is 0.545 e. The van der Waals surface area contributed by atoms with Gasteiger partial charge in [-0.25, -0.2) is 0 Å². The maximum absolute atomic E-state index is 11.0. The molecule has 0 amide bonds. The Bertz CT molecular complexity index is 686. The topological polar surface area (TPSA) is 58.6 Å². The lowest BCUT2D eigenvalue weighted by molar-refractivity contribution is -0.255. The van der Waals surface area contributed by atoms with E-state index in [1.807, 2.05) is 18.2 Å². The summed E-state index contributed by atoms with van der Waals surface area (Å²) in [5, 5.41) is 11.7. The molecule has 4 nitrogen and oxygen atoms in total. The standard InChI is InChI=1S/C16H14Cl2O4/c1-2-21-14-8-11(16(19)20)7-13(18)15(14)22-9-10-5-3-4-6-12(10)17/h3-8H,2,9H2,1H3,(H,19,20)/p-1. The van der Waals surface area contributed by atoms with Crippen LogP contribution in [0, 0.1) is 0 Å². The zero-order valence-electron chi connectivity index (χ0n) is 11.8. The molecule has 0 saturated heterocycles. The molecule has 22 heavy (non-hydrogen) atoms. The van der Waals surface area contributed by atoms with E-state index in [-0.39, 0.29) is 28.7 Å². The van der Waals surface area contributed by atoms with Gasteiger partial charge < -0.3 is 19.4 Å². The first-order valence-electron chi connectivity index (χ1n) is 6.56. The number of hydrogen-bond donors (Lipinski definition) is 0. The van der Waals surface area contributed by atoms with Crippen LogP contribution in [0.2, 0.25) is 10.0 Å². The average Bonchev–Trinajstić information content (AvgIpc) is 2.48. The van der Waals surface area contributed by atoms with Crippen LogP contribution >= 0.6 is 23.2 Å². The van der Waals surface area contributed by atoms with Gasteiger partial charge in [0.1, 0.15) is 6.61 Å². The van der Waals surface area contributed by atoms with Gasteiger partial charge in [-0.1, -0.05) is 41.4 Å². The maximum Gasteiger partial charge on any atom is 0.180 e. The summed E-state index contributed by atoms with van der Waals surface area (Å²) in [5.41, 5.74) is 0.713. The summed E-state index contributed by atoms with van der Waals surface area (Å²) < 4.78 is 11.1. The molecule has 116 valence electrons. The van der Waals surface area contributed by atoms with Crippen molar-refractivity contribution in [1.29, 1.82) is 0 Å². The van der Waals surface area contributed by atoms with Gasteiger partial charge in [-0.05, 0) is 25.1 Å². The molecule has 2 rings (SSSR count). The van der Waals surface area contributed by atoms with E-state index in [9.17, 15) is 9.90 Å². The Morgan fingerprint density at radius 3 is 2.50 bits per heavy atom. The monoisotopic (exact) mass is 339 g/mol. The highest BCUT2D eigenvalue weighted by Gasteiger charge is 2.14. The quantitative estimate of drug-likeness (QED) is 0.809. The van der Waals surface area contributed by atoms with E-state index >= 15 is 0 Å². The fourth-order valence-electron chi connectivity index (χ4n) is 1.85. The van der Waals surface area contributed by atoms with Crippen molar-refractivity contribution in [2.24, 2.45) is 0 Å². The predicted octanol–water partition coefficient (Wildman–Crippen LogP) is 3.33. The van der Waals surface area contributed by atoms with Crippen LogP contribution in [0.1, 0.15) is 22.8 Å². The number of carboxylic acids is 1. The third-order valence-electron chi connectivity index (χ3n) is 2.87. The van der Waals surface area contributed by atoms with Crippen molar-refractivity contribution in [2.45, 2.75) is 13.5 Å². The number of carbonyl (C=O) groups is 1. The van der Waals surface area contributed by atoms with Gasteiger partial charge in [0.25, 0.3) is 0 Å². The van der Waals surface area contributed by atoms with E-state index in [0.29, 0.717) is 11.6 Å². The molecule has 0 spiro atoms. The van der Waals surface area contributed by atoms with Crippen LogP contribution in [0.5, 0.6) is 11.5 Å². The lowest BCUT2D eigenvalue weighted by atomic mass is 10.2. The summed E-state index contributed by atoms with van der Waals surface area (Å²) in [7, 11) is 0. The van der Waals surface area contributed by atoms with Crippen LogP contribution in [0.4, 0.5) is 0 Å². The molecule has 0 atom stereocenters. The molecule has 0 aliphatic heterocycles. The minimum absolute atomic E-state index is 0.0708. The minimum atomic E-state index is -1.33. The number of rotatable bonds is 6. The molecule has 0 aromatic heterocycles. The Morgan fingerprint density at radius 2 is 1.86 bits per heavy atom. The average molecular weight is 340 g/mol. The Kier molecular flexibility index (Phi) is 5.52. The van der Waals surface area contributed by atoms with Gasteiger partial charge in [-0.15, -0.1) is 0 Å². The van der Waals surface area contributed by atoms with Crippen LogP contribution < -0.4 is 14.6 Å². The van der Waals surface area contributed by atoms with Gasteiger partial charge in [0, 0.05) is 16.1 Å². The van der Waals surface area contributed by atoms with Crippen LogP contribution in [-0.4, -0.2) is 12.6 Å². The van der Waals surface area contributed by atoms with Crippen molar-refractivity contribution in [3.8, 4) is 11.5 Å². The van der Waals surface area contributed by atoms with E-state index in [1.165, 1.54) is 12.1 Å². The molecule has 0 unspecified atom stereocenters. The predicted molar refractivity (Wildman–Crippen MR) is 82.7 cm³/mol. The van der Waals surface area contributed by atoms with E-state index in [0.717, 1.165) is 5.56 Å². The molecule has 0 aliphatic rings. The molecule has 0 heterocycles. The van der Waals surface area contributed by atoms with Gasteiger partial charge in [0.05, 0.1) is 17.6 Å². The Labute approximate surface area is 138 Å². The normalized spacial score (nSPS) is 10.3. The lowest BCUT2D eigenvalue weighted by Gasteiger charge is -2.16. The van der Waals surface area contributed by atoms with E-state index < -0.39 is 5.97 Å². The van der Waals surface area contributed by atoms with Crippen molar-refractivity contribution >= 4 is 29.2 Å². The molecular weight excluding hydrogens is 327 g/mol. The number of halogens is 2. The fraction of sp³-hybridized carbons (Fsp3) is 0.188. The van der Waals surface area contributed by atoms with Gasteiger partial charge in [-0.2, -0.15) is 0 Å². The van der Waals surface area contributed by atoms with Crippen molar-refractivity contribution in [1.82, 2.24) is 0 Å². The molecule has 6 heteroatoms. The molecule has 0 N–H and O–H groups in total. The molecule has 2 aromatic carbocycles. The molecule has 0 radical (unpaired) electrons. The van der Waals surface area contributed by atoms with Gasteiger partial charge >= 0.3 is 0 Å². The summed E-state index contributed by atoms with van der Waals surface area (Å²) >= 11 is 12.2. The highest BCUT2D eigenvalue weighted by atomic mass is 35.5. The first-order chi connectivity index (χ1) is 10.5. The number of hydrogen-bond acceptors (Lipinski definition) is 4. The number of carbonyl (C=O) groups excluding carboxylic acids is 1. The van der Waals surface area contributed by atoms with Gasteiger partial charge in [0.2, 0.25) is 0 Å². The molecule has 0 aliphatic carbocycles. The second kappa shape index (κ2) is 7.38. The molecule has 0 fully saturated rings. The Morgan fingerprint density at radius 1 is 1.14 bits per heavy atom. The first kappa shape index (κ1) is 16.5. The smallest absolute Gasteiger partial charge is 0.180 e. The second-order valence-electron chi connectivity index (χ2n) is 4.39. The second-order valence-corrected chi connectivity index (χ2v) is 5.20. The van der Waals surface area contributed by atoms with Crippen LogP contribution in [0.3, 0.4) is 0 Å². The number of ether oxygens (including phenoxy) is 2. The van der Waals surface area contributed by atoms with Crippen molar-refractivity contribution in [3.63, 3.8) is 0 Å². The van der Waals surface area contributed by atoms with Gasteiger partial charge in [-0.3, -0.25) is 0 Å². The van der Waals surface area contributed by atoms with Gasteiger partial charge in [0.15, 0.2) is 11.5 Å². The third-order valence-corrected chi connectivity index (χ3v) is 3.52. The number of aromatic carboxylic acids is 1. The number of carboxylic acid groups (broad SMARTS) is 1. The molecule has 2 aromatic rings. The minimum Gasteiger partial charge on any atom is -0.545 e.